The molecule has 0 saturated heterocycles. The molecule has 1 aromatic carbocycles. The molecule has 1 aromatic rings. The Kier molecular flexibility index (Phi) is 6.51. The molecule has 0 saturated carbocycles. The summed E-state index contributed by atoms with van der Waals surface area (Å²) in [5.74, 6) is 0. The van der Waals surface area contributed by atoms with E-state index in [-0.39, 0.29) is 5.41 Å². The SMILES string of the molecule is Cc1ccc(Br)cc1CCN(C)CCC(C)(C)CN. The van der Waals surface area contributed by atoms with Gasteiger partial charge in [0.05, 0.1) is 0 Å². The van der Waals surface area contributed by atoms with Crippen LogP contribution in [0.5, 0.6) is 0 Å². The summed E-state index contributed by atoms with van der Waals surface area (Å²) in [6.45, 7) is 9.61. The maximum Gasteiger partial charge on any atom is 0.0178 e. The van der Waals surface area contributed by atoms with Crippen molar-refractivity contribution >= 4 is 15.9 Å². The highest BCUT2D eigenvalue weighted by molar-refractivity contribution is 9.10. The minimum atomic E-state index is 0.250. The van der Waals surface area contributed by atoms with Crippen molar-refractivity contribution < 1.29 is 0 Å². The van der Waals surface area contributed by atoms with Crippen LogP contribution in [0.4, 0.5) is 0 Å². The highest BCUT2D eigenvalue weighted by atomic mass is 79.9. The van der Waals surface area contributed by atoms with Crippen LogP contribution < -0.4 is 5.73 Å². The normalized spacial score (nSPS) is 12.2. The second-order valence-electron chi connectivity index (χ2n) is 6.24. The van der Waals surface area contributed by atoms with Crippen LogP contribution >= 0.6 is 15.9 Å². The lowest BCUT2D eigenvalue weighted by molar-refractivity contribution is 0.255. The van der Waals surface area contributed by atoms with Gasteiger partial charge in [0, 0.05) is 11.0 Å². The van der Waals surface area contributed by atoms with Crippen molar-refractivity contribution in [1.29, 1.82) is 0 Å². The van der Waals surface area contributed by atoms with Gasteiger partial charge >= 0.3 is 0 Å². The average molecular weight is 327 g/mol. The molecule has 0 atom stereocenters. The Bertz CT molecular complexity index is 402. The number of hydrogen-bond donors (Lipinski definition) is 1. The van der Waals surface area contributed by atoms with Crippen molar-refractivity contribution in [2.75, 3.05) is 26.7 Å². The van der Waals surface area contributed by atoms with E-state index in [0.717, 1.165) is 32.5 Å². The molecule has 0 amide bonds. The lowest BCUT2D eigenvalue weighted by Crippen LogP contribution is -2.30. The Balaban J connectivity index is 2.42. The molecule has 0 spiro atoms. The van der Waals surface area contributed by atoms with E-state index in [1.54, 1.807) is 0 Å². The number of likely N-dealkylation sites (N-methyl/N-ethyl adjacent to an activating group) is 1. The van der Waals surface area contributed by atoms with Gasteiger partial charge in [-0.2, -0.15) is 0 Å². The Morgan fingerprint density at radius 1 is 1.26 bits per heavy atom. The van der Waals surface area contributed by atoms with Gasteiger partial charge in [-0.15, -0.1) is 0 Å². The highest BCUT2D eigenvalue weighted by Crippen LogP contribution is 2.19. The standard InChI is InChI=1S/C16H27BrN2/c1-13-5-6-15(17)11-14(13)7-9-19(4)10-8-16(2,3)12-18/h5-6,11H,7-10,12,18H2,1-4H3. The van der Waals surface area contributed by atoms with Gasteiger partial charge in [-0.3, -0.25) is 0 Å². The van der Waals surface area contributed by atoms with Gasteiger partial charge in [0.25, 0.3) is 0 Å². The second-order valence-corrected chi connectivity index (χ2v) is 7.16. The quantitative estimate of drug-likeness (QED) is 0.829. The summed E-state index contributed by atoms with van der Waals surface area (Å²) in [7, 11) is 2.19. The van der Waals surface area contributed by atoms with Crippen molar-refractivity contribution in [3.8, 4) is 0 Å². The fraction of sp³-hybridized carbons (Fsp3) is 0.625. The Morgan fingerprint density at radius 3 is 2.58 bits per heavy atom. The molecule has 19 heavy (non-hydrogen) atoms. The number of rotatable bonds is 7. The summed E-state index contributed by atoms with van der Waals surface area (Å²) in [4.78, 5) is 2.40. The summed E-state index contributed by atoms with van der Waals surface area (Å²) >= 11 is 3.54. The van der Waals surface area contributed by atoms with E-state index < -0.39 is 0 Å². The molecule has 2 N–H and O–H groups in total. The van der Waals surface area contributed by atoms with E-state index in [9.17, 15) is 0 Å². The van der Waals surface area contributed by atoms with Gasteiger partial charge in [0.15, 0.2) is 0 Å². The zero-order valence-electron chi connectivity index (χ0n) is 12.7. The van der Waals surface area contributed by atoms with E-state index in [2.05, 4.69) is 66.8 Å². The molecule has 1 rings (SSSR count). The van der Waals surface area contributed by atoms with Crippen LogP contribution in [0.3, 0.4) is 0 Å². The van der Waals surface area contributed by atoms with Gasteiger partial charge in [-0.25, -0.2) is 0 Å². The first-order valence-electron chi connectivity index (χ1n) is 6.98. The molecule has 0 bridgehead atoms. The molecule has 0 unspecified atom stereocenters. The van der Waals surface area contributed by atoms with Gasteiger partial charge in [0.2, 0.25) is 0 Å². The zero-order valence-corrected chi connectivity index (χ0v) is 14.3. The van der Waals surface area contributed by atoms with E-state index >= 15 is 0 Å². The summed E-state index contributed by atoms with van der Waals surface area (Å²) in [6.07, 6.45) is 2.25. The van der Waals surface area contributed by atoms with E-state index in [1.807, 2.05) is 0 Å². The molecule has 0 aliphatic heterocycles. The lowest BCUT2D eigenvalue weighted by atomic mass is 9.89. The van der Waals surface area contributed by atoms with Crippen LogP contribution in [0.25, 0.3) is 0 Å². The predicted molar refractivity (Wildman–Crippen MR) is 87.5 cm³/mol. The maximum atomic E-state index is 5.77. The van der Waals surface area contributed by atoms with Crippen LogP contribution in [-0.2, 0) is 6.42 Å². The molecule has 0 aromatic heterocycles. The van der Waals surface area contributed by atoms with E-state index in [0.29, 0.717) is 0 Å². The largest absolute Gasteiger partial charge is 0.330 e. The topological polar surface area (TPSA) is 29.3 Å². The Labute approximate surface area is 126 Å². The minimum Gasteiger partial charge on any atom is -0.330 e. The fourth-order valence-electron chi connectivity index (χ4n) is 1.93. The molecule has 0 fully saturated rings. The maximum absolute atomic E-state index is 5.77. The van der Waals surface area contributed by atoms with Crippen molar-refractivity contribution in [2.24, 2.45) is 11.1 Å². The van der Waals surface area contributed by atoms with Crippen LogP contribution in [0.15, 0.2) is 22.7 Å². The Morgan fingerprint density at radius 2 is 1.95 bits per heavy atom. The minimum absolute atomic E-state index is 0.250. The van der Waals surface area contributed by atoms with Gasteiger partial charge in [0.1, 0.15) is 0 Å². The van der Waals surface area contributed by atoms with Crippen molar-refractivity contribution in [3.05, 3.63) is 33.8 Å². The van der Waals surface area contributed by atoms with Crippen LogP contribution in [0.2, 0.25) is 0 Å². The zero-order chi connectivity index (χ0) is 14.5. The summed E-state index contributed by atoms with van der Waals surface area (Å²) in [5.41, 5.74) is 8.82. The van der Waals surface area contributed by atoms with Crippen LogP contribution in [-0.4, -0.2) is 31.6 Å². The van der Waals surface area contributed by atoms with Crippen LogP contribution in [0, 0.1) is 12.3 Å². The third-order valence-electron chi connectivity index (χ3n) is 3.80. The first-order valence-corrected chi connectivity index (χ1v) is 7.77. The number of benzene rings is 1. The fourth-order valence-corrected chi connectivity index (χ4v) is 2.34. The van der Waals surface area contributed by atoms with Gasteiger partial charge in [-0.05, 0) is 68.6 Å². The molecule has 3 heteroatoms. The molecule has 0 radical (unpaired) electrons. The van der Waals surface area contributed by atoms with Crippen molar-refractivity contribution in [2.45, 2.75) is 33.6 Å². The summed E-state index contributed by atoms with van der Waals surface area (Å²) in [5, 5.41) is 0. The second kappa shape index (κ2) is 7.41. The molecule has 108 valence electrons. The summed E-state index contributed by atoms with van der Waals surface area (Å²) in [6, 6.07) is 6.51. The monoisotopic (exact) mass is 326 g/mol. The molecular weight excluding hydrogens is 300 g/mol. The molecule has 0 aliphatic carbocycles. The third kappa shape index (κ3) is 6.07. The first kappa shape index (κ1) is 16.7. The number of aryl methyl sites for hydroxylation is 1. The van der Waals surface area contributed by atoms with Crippen molar-refractivity contribution in [3.63, 3.8) is 0 Å². The van der Waals surface area contributed by atoms with E-state index in [4.69, 9.17) is 5.73 Å². The third-order valence-corrected chi connectivity index (χ3v) is 4.29. The first-order chi connectivity index (χ1) is 8.84. The lowest BCUT2D eigenvalue weighted by Gasteiger charge is -2.26. The van der Waals surface area contributed by atoms with E-state index in [1.165, 1.54) is 15.6 Å². The predicted octanol–water partition coefficient (Wildman–Crippen LogP) is 3.61. The Hall–Kier alpha value is -0.380. The number of nitrogens with zero attached hydrogens (tertiary/aromatic N) is 1. The highest BCUT2D eigenvalue weighted by Gasteiger charge is 2.15. The number of nitrogens with two attached hydrogens (primary N) is 1. The molecule has 2 nitrogen and oxygen atoms in total. The number of hydrogen-bond acceptors (Lipinski definition) is 2. The molecule has 0 aliphatic rings. The summed E-state index contributed by atoms with van der Waals surface area (Å²) < 4.78 is 1.17. The van der Waals surface area contributed by atoms with Crippen molar-refractivity contribution in [1.82, 2.24) is 4.90 Å². The average Bonchev–Trinajstić information content (AvgIpc) is 2.37. The smallest absolute Gasteiger partial charge is 0.0178 e. The van der Waals surface area contributed by atoms with Gasteiger partial charge in [-0.1, -0.05) is 35.8 Å². The van der Waals surface area contributed by atoms with Gasteiger partial charge < -0.3 is 10.6 Å². The van der Waals surface area contributed by atoms with Crippen LogP contribution in [0.1, 0.15) is 31.4 Å². The number of halogens is 1. The molecular formula is C16H27BrN2. The molecule has 0 heterocycles.